The Bertz CT molecular complexity index is 984. The van der Waals surface area contributed by atoms with Gasteiger partial charge in [-0.05, 0) is 30.3 Å². The van der Waals surface area contributed by atoms with Gasteiger partial charge in [0.05, 0.1) is 30.6 Å². The summed E-state index contributed by atoms with van der Waals surface area (Å²) in [5, 5.41) is 1.01. The fourth-order valence-electron chi connectivity index (χ4n) is 2.56. The van der Waals surface area contributed by atoms with Crippen molar-refractivity contribution in [2.24, 2.45) is 0 Å². The second-order valence-electron chi connectivity index (χ2n) is 5.15. The summed E-state index contributed by atoms with van der Waals surface area (Å²) in [5.74, 6) is -0.774. The number of esters is 1. The number of methoxy groups -OCH3 is 1. The fraction of sp³-hybridized carbons (Fsp3) is 0.118. The van der Waals surface area contributed by atoms with E-state index in [2.05, 4.69) is 4.98 Å². The monoisotopic (exact) mass is 343 g/mol. The largest absolute Gasteiger partial charge is 0.465 e. The van der Waals surface area contributed by atoms with Gasteiger partial charge in [-0.15, -0.1) is 0 Å². The molecule has 0 spiro atoms. The SMILES string of the molecule is COC(=O)c1c(N)c2ccc(Cl)cc2n(Cc2ccccn2)c1=O. The molecule has 0 amide bonds. The van der Waals surface area contributed by atoms with Crippen molar-refractivity contribution in [3.05, 3.63) is 69.2 Å². The molecule has 0 bridgehead atoms. The highest BCUT2D eigenvalue weighted by atomic mass is 35.5. The molecule has 122 valence electrons. The number of hydrogen-bond acceptors (Lipinski definition) is 5. The molecule has 3 aromatic rings. The molecular formula is C17H14ClN3O3. The maximum atomic E-state index is 12.8. The van der Waals surface area contributed by atoms with Crippen LogP contribution in [0.15, 0.2) is 47.4 Å². The number of rotatable bonds is 3. The molecule has 7 heteroatoms. The topological polar surface area (TPSA) is 87.2 Å². The third-order valence-corrected chi connectivity index (χ3v) is 3.94. The number of ether oxygens (including phenoxy) is 1. The first kappa shape index (κ1) is 16.0. The van der Waals surface area contributed by atoms with Gasteiger partial charge in [-0.2, -0.15) is 0 Å². The third-order valence-electron chi connectivity index (χ3n) is 3.70. The molecule has 1 aromatic carbocycles. The fourth-order valence-corrected chi connectivity index (χ4v) is 2.73. The maximum Gasteiger partial charge on any atom is 0.345 e. The number of carbonyl (C=O) groups is 1. The molecule has 2 N–H and O–H groups in total. The standard InChI is InChI=1S/C17H14ClN3O3/c1-24-17(23)14-15(19)12-6-5-10(18)8-13(12)21(16(14)22)9-11-4-2-3-7-20-11/h2-8H,9,19H2,1H3. The predicted octanol–water partition coefficient (Wildman–Crippen LogP) is 2.47. The van der Waals surface area contributed by atoms with Crippen molar-refractivity contribution in [3.63, 3.8) is 0 Å². The Morgan fingerprint density at radius 1 is 1.33 bits per heavy atom. The van der Waals surface area contributed by atoms with Gasteiger partial charge < -0.3 is 15.0 Å². The summed E-state index contributed by atoms with van der Waals surface area (Å²) in [6.07, 6.45) is 1.63. The van der Waals surface area contributed by atoms with Crippen molar-refractivity contribution in [3.8, 4) is 0 Å². The summed E-state index contributed by atoms with van der Waals surface area (Å²) >= 11 is 6.06. The van der Waals surface area contributed by atoms with Crippen molar-refractivity contribution < 1.29 is 9.53 Å². The number of fused-ring (bicyclic) bond motifs is 1. The van der Waals surface area contributed by atoms with Crippen LogP contribution in [0.3, 0.4) is 0 Å². The van der Waals surface area contributed by atoms with Crippen molar-refractivity contribution >= 4 is 34.2 Å². The van der Waals surface area contributed by atoms with Crippen molar-refractivity contribution in [1.29, 1.82) is 0 Å². The summed E-state index contributed by atoms with van der Waals surface area (Å²) in [6, 6.07) is 10.4. The van der Waals surface area contributed by atoms with Gasteiger partial charge in [0.2, 0.25) is 0 Å². The van der Waals surface area contributed by atoms with Crippen LogP contribution >= 0.6 is 11.6 Å². The average molecular weight is 344 g/mol. The van der Waals surface area contributed by atoms with E-state index in [1.807, 2.05) is 6.07 Å². The Hall–Kier alpha value is -2.86. The first-order valence-electron chi connectivity index (χ1n) is 7.12. The number of hydrogen-bond donors (Lipinski definition) is 1. The van der Waals surface area contributed by atoms with Gasteiger partial charge in [-0.25, -0.2) is 4.79 Å². The summed E-state index contributed by atoms with van der Waals surface area (Å²) < 4.78 is 6.12. The molecule has 24 heavy (non-hydrogen) atoms. The van der Waals surface area contributed by atoms with Crippen LogP contribution in [-0.4, -0.2) is 22.6 Å². The molecule has 0 aliphatic heterocycles. The molecule has 0 atom stereocenters. The van der Waals surface area contributed by atoms with E-state index in [0.717, 1.165) is 0 Å². The van der Waals surface area contributed by atoms with Crippen LogP contribution in [0.2, 0.25) is 5.02 Å². The Kier molecular flexibility index (Phi) is 4.22. The zero-order valence-electron chi connectivity index (χ0n) is 12.8. The summed E-state index contributed by atoms with van der Waals surface area (Å²) in [5.41, 5.74) is 6.58. The van der Waals surface area contributed by atoms with Crippen molar-refractivity contribution in [2.45, 2.75) is 6.54 Å². The van der Waals surface area contributed by atoms with Crippen LogP contribution in [0.25, 0.3) is 10.9 Å². The minimum Gasteiger partial charge on any atom is -0.465 e. The molecule has 3 rings (SSSR count). The Balaban J connectivity index is 2.34. The highest BCUT2D eigenvalue weighted by molar-refractivity contribution is 6.31. The zero-order valence-corrected chi connectivity index (χ0v) is 13.6. The minimum atomic E-state index is -0.774. The highest BCUT2D eigenvalue weighted by Gasteiger charge is 2.21. The van der Waals surface area contributed by atoms with Gasteiger partial charge in [0, 0.05) is 16.6 Å². The number of benzene rings is 1. The number of aromatic nitrogens is 2. The van der Waals surface area contributed by atoms with E-state index in [1.54, 1.807) is 36.5 Å². The van der Waals surface area contributed by atoms with E-state index in [0.29, 0.717) is 21.6 Å². The second-order valence-corrected chi connectivity index (χ2v) is 5.59. The molecule has 0 unspecified atom stereocenters. The molecule has 0 aliphatic rings. The summed E-state index contributed by atoms with van der Waals surface area (Å²) in [4.78, 5) is 29.1. The number of halogens is 1. The Labute approximate surface area is 142 Å². The van der Waals surface area contributed by atoms with E-state index in [1.165, 1.54) is 11.7 Å². The number of pyridine rings is 2. The molecule has 0 saturated carbocycles. The van der Waals surface area contributed by atoms with Gasteiger partial charge >= 0.3 is 5.97 Å². The van der Waals surface area contributed by atoms with Crippen LogP contribution < -0.4 is 11.3 Å². The van der Waals surface area contributed by atoms with Gasteiger partial charge in [0.15, 0.2) is 0 Å². The van der Waals surface area contributed by atoms with E-state index in [4.69, 9.17) is 22.1 Å². The van der Waals surface area contributed by atoms with Crippen LogP contribution in [0.5, 0.6) is 0 Å². The van der Waals surface area contributed by atoms with Crippen molar-refractivity contribution in [2.75, 3.05) is 12.8 Å². The zero-order chi connectivity index (χ0) is 17.3. The van der Waals surface area contributed by atoms with E-state index in [9.17, 15) is 9.59 Å². The molecule has 0 aliphatic carbocycles. The van der Waals surface area contributed by atoms with Crippen molar-refractivity contribution in [1.82, 2.24) is 9.55 Å². The van der Waals surface area contributed by atoms with E-state index < -0.39 is 11.5 Å². The lowest BCUT2D eigenvalue weighted by atomic mass is 10.1. The van der Waals surface area contributed by atoms with Gasteiger partial charge in [0.25, 0.3) is 5.56 Å². The maximum absolute atomic E-state index is 12.8. The molecule has 2 aromatic heterocycles. The number of anilines is 1. The molecule has 0 fully saturated rings. The number of nitrogen functional groups attached to an aromatic ring is 1. The van der Waals surface area contributed by atoms with E-state index >= 15 is 0 Å². The summed E-state index contributed by atoms with van der Waals surface area (Å²) in [6.45, 7) is 0.181. The van der Waals surface area contributed by atoms with Crippen LogP contribution in [0.4, 0.5) is 5.69 Å². The Morgan fingerprint density at radius 2 is 2.12 bits per heavy atom. The smallest absolute Gasteiger partial charge is 0.345 e. The van der Waals surface area contributed by atoms with Crippen LogP contribution in [0.1, 0.15) is 16.1 Å². The molecule has 0 saturated heterocycles. The molecule has 2 heterocycles. The molecule has 0 radical (unpaired) electrons. The minimum absolute atomic E-state index is 0.0794. The highest BCUT2D eigenvalue weighted by Crippen LogP contribution is 2.26. The summed E-state index contributed by atoms with van der Waals surface area (Å²) in [7, 11) is 1.20. The first-order valence-corrected chi connectivity index (χ1v) is 7.50. The second kappa shape index (κ2) is 6.33. The number of nitrogens with zero attached hydrogens (tertiary/aromatic N) is 2. The molecule has 6 nitrogen and oxygen atoms in total. The lowest BCUT2D eigenvalue weighted by Crippen LogP contribution is -2.29. The van der Waals surface area contributed by atoms with Gasteiger partial charge in [0.1, 0.15) is 5.56 Å². The number of nitrogens with two attached hydrogens (primary N) is 1. The van der Waals surface area contributed by atoms with Gasteiger partial charge in [-0.3, -0.25) is 9.78 Å². The average Bonchev–Trinajstić information content (AvgIpc) is 2.59. The predicted molar refractivity (Wildman–Crippen MR) is 92.3 cm³/mol. The van der Waals surface area contributed by atoms with Crippen LogP contribution in [-0.2, 0) is 11.3 Å². The lowest BCUT2D eigenvalue weighted by Gasteiger charge is -2.15. The quantitative estimate of drug-likeness (QED) is 0.738. The number of carbonyl (C=O) groups excluding carboxylic acids is 1. The van der Waals surface area contributed by atoms with E-state index in [-0.39, 0.29) is 17.8 Å². The van der Waals surface area contributed by atoms with Gasteiger partial charge in [-0.1, -0.05) is 17.7 Å². The first-order chi connectivity index (χ1) is 11.5. The third kappa shape index (κ3) is 2.72. The lowest BCUT2D eigenvalue weighted by molar-refractivity contribution is 0.0599. The Morgan fingerprint density at radius 3 is 2.79 bits per heavy atom. The molecular weight excluding hydrogens is 330 g/mol. The van der Waals surface area contributed by atoms with Crippen LogP contribution in [0, 0.1) is 0 Å². The normalized spacial score (nSPS) is 10.8.